The molecular weight excluding hydrogens is 573 g/mol. The van der Waals surface area contributed by atoms with E-state index in [0.717, 1.165) is 41.8 Å². The SMILES string of the molecule is C[C@@H]1CN(CC(=O)N2CC(C)(C)c3ncc(Cc4ccc(F)cc4)cc32)[C@@H](CN2C(=O)[C@@H]3CCC2C3)CN1C(=O)OC(C)(C)C. The second-order valence-corrected chi connectivity index (χ2v) is 15.1. The molecule has 3 aliphatic heterocycles. The Morgan fingerprint density at radius 1 is 1.09 bits per heavy atom. The topological polar surface area (TPSA) is 86.3 Å². The van der Waals surface area contributed by atoms with Gasteiger partial charge in [-0.1, -0.05) is 26.0 Å². The summed E-state index contributed by atoms with van der Waals surface area (Å²) in [5.41, 5.74) is 2.69. The lowest BCUT2D eigenvalue weighted by molar-refractivity contribution is -0.135. The van der Waals surface area contributed by atoms with Gasteiger partial charge >= 0.3 is 6.09 Å². The first-order chi connectivity index (χ1) is 21.2. The Hall–Kier alpha value is -3.53. The van der Waals surface area contributed by atoms with Crippen LogP contribution in [-0.4, -0.2) is 94.0 Å². The fourth-order valence-corrected chi connectivity index (χ4v) is 7.59. The minimum Gasteiger partial charge on any atom is -0.444 e. The van der Waals surface area contributed by atoms with E-state index < -0.39 is 5.60 Å². The quantitative estimate of drug-likeness (QED) is 0.464. The van der Waals surface area contributed by atoms with E-state index in [1.807, 2.05) is 49.8 Å². The maximum absolute atomic E-state index is 14.2. The smallest absolute Gasteiger partial charge is 0.410 e. The van der Waals surface area contributed by atoms with Crippen LogP contribution < -0.4 is 4.90 Å². The maximum Gasteiger partial charge on any atom is 0.410 e. The van der Waals surface area contributed by atoms with Crippen LogP contribution in [0.2, 0.25) is 0 Å². The number of amides is 3. The number of hydrogen-bond donors (Lipinski definition) is 0. The Morgan fingerprint density at radius 3 is 2.49 bits per heavy atom. The van der Waals surface area contributed by atoms with Crippen molar-refractivity contribution in [1.82, 2.24) is 19.7 Å². The molecule has 4 atom stereocenters. The van der Waals surface area contributed by atoms with E-state index in [-0.39, 0.29) is 59.7 Å². The van der Waals surface area contributed by atoms with Crippen LogP contribution in [0.4, 0.5) is 14.9 Å². The highest BCUT2D eigenvalue weighted by Gasteiger charge is 2.48. The molecule has 3 amide bonds. The molecule has 0 radical (unpaired) electrons. The van der Waals surface area contributed by atoms with Crippen molar-refractivity contribution in [2.45, 2.75) is 96.4 Å². The van der Waals surface area contributed by atoms with E-state index in [1.54, 1.807) is 17.0 Å². The number of likely N-dealkylation sites (tertiary alicyclic amines) is 1. The van der Waals surface area contributed by atoms with Gasteiger partial charge in [0.25, 0.3) is 0 Å². The molecule has 0 spiro atoms. The molecule has 1 aromatic heterocycles. The Labute approximate surface area is 265 Å². The summed E-state index contributed by atoms with van der Waals surface area (Å²) in [6, 6.07) is 8.37. The summed E-state index contributed by atoms with van der Waals surface area (Å²) in [6.07, 6.45) is 4.95. The monoisotopic (exact) mass is 619 g/mol. The van der Waals surface area contributed by atoms with Gasteiger partial charge in [0, 0.05) is 61.8 Å². The number of ether oxygens (including phenoxy) is 1. The number of halogens is 1. The zero-order valence-electron chi connectivity index (χ0n) is 27.4. The highest BCUT2D eigenvalue weighted by atomic mass is 19.1. The third-order valence-electron chi connectivity index (χ3n) is 9.84. The second-order valence-electron chi connectivity index (χ2n) is 15.1. The van der Waals surface area contributed by atoms with E-state index >= 15 is 0 Å². The van der Waals surface area contributed by atoms with Crippen LogP contribution in [0.15, 0.2) is 36.5 Å². The van der Waals surface area contributed by atoms with Crippen molar-refractivity contribution in [2.75, 3.05) is 37.6 Å². The lowest BCUT2D eigenvalue weighted by Crippen LogP contribution is -2.64. The summed E-state index contributed by atoms with van der Waals surface area (Å²) < 4.78 is 19.2. The average molecular weight is 620 g/mol. The van der Waals surface area contributed by atoms with Gasteiger partial charge in [-0.3, -0.25) is 19.5 Å². The highest BCUT2D eigenvalue weighted by Crippen LogP contribution is 2.41. The lowest BCUT2D eigenvalue weighted by atomic mass is 9.91. The van der Waals surface area contributed by atoms with Crippen molar-refractivity contribution in [3.05, 3.63) is 59.2 Å². The standard InChI is InChI=1S/C35H46FN5O4/c1-22-17-38(28(18-39(22)33(44)45-34(2,3)4)19-40-27-12-9-25(15-27)32(40)43)20-30(42)41-21-35(5,6)31-29(41)14-24(16-37-31)13-23-7-10-26(36)11-8-23/h7-8,10-11,14,16,22,25,27-28H,9,12-13,15,17-21H2,1-6H3/t22-,25-,27?,28-/m1/s1. The molecule has 2 bridgehead atoms. The fraction of sp³-hybridized carbons (Fsp3) is 0.600. The zero-order valence-corrected chi connectivity index (χ0v) is 27.4. The Morgan fingerprint density at radius 2 is 1.82 bits per heavy atom. The van der Waals surface area contributed by atoms with Crippen LogP contribution in [0, 0.1) is 11.7 Å². The molecule has 9 nitrogen and oxygen atoms in total. The predicted octanol–water partition coefficient (Wildman–Crippen LogP) is 4.76. The number of pyridine rings is 1. The van der Waals surface area contributed by atoms with Gasteiger partial charge in [-0.15, -0.1) is 0 Å². The van der Waals surface area contributed by atoms with Gasteiger partial charge in [-0.25, -0.2) is 9.18 Å². The number of carbonyl (C=O) groups excluding carboxylic acids is 3. The molecule has 1 aliphatic carbocycles. The van der Waals surface area contributed by atoms with Gasteiger partial charge in [-0.2, -0.15) is 0 Å². The molecule has 1 aromatic carbocycles. The molecule has 0 N–H and O–H groups in total. The average Bonchev–Trinajstić information content (AvgIpc) is 3.63. The van der Waals surface area contributed by atoms with Crippen molar-refractivity contribution < 1.29 is 23.5 Å². The van der Waals surface area contributed by atoms with Crippen LogP contribution >= 0.6 is 0 Å². The van der Waals surface area contributed by atoms with Crippen LogP contribution in [0.3, 0.4) is 0 Å². The molecule has 10 heteroatoms. The van der Waals surface area contributed by atoms with Crippen molar-refractivity contribution in [3.63, 3.8) is 0 Å². The van der Waals surface area contributed by atoms with Crippen LogP contribution in [0.5, 0.6) is 0 Å². The van der Waals surface area contributed by atoms with E-state index in [9.17, 15) is 18.8 Å². The molecule has 4 aliphatic rings. The fourth-order valence-electron chi connectivity index (χ4n) is 7.59. The Bertz CT molecular complexity index is 1470. The van der Waals surface area contributed by atoms with Gasteiger partial charge in [0.05, 0.1) is 17.9 Å². The number of aromatic nitrogens is 1. The van der Waals surface area contributed by atoms with E-state index in [0.29, 0.717) is 32.6 Å². The maximum atomic E-state index is 14.2. The number of anilines is 1. The molecule has 2 saturated heterocycles. The van der Waals surface area contributed by atoms with E-state index in [1.165, 1.54) is 12.1 Å². The molecule has 6 rings (SSSR count). The lowest BCUT2D eigenvalue weighted by Gasteiger charge is -2.47. The normalized spacial score (nSPS) is 26.0. The molecular formula is C35H46FN5O4. The number of rotatable bonds is 6. The van der Waals surface area contributed by atoms with Crippen LogP contribution in [-0.2, 0) is 26.2 Å². The Kier molecular flexibility index (Phi) is 8.16. The number of hydrogen-bond acceptors (Lipinski definition) is 6. The summed E-state index contributed by atoms with van der Waals surface area (Å²) in [5.74, 6) is 0.00897. The summed E-state index contributed by atoms with van der Waals surface area (Å²) in [7, 11) is 0. The minimum absolute atomic E-state index is 0.0280. The van der Waals surface area contributed by atoms with E-state index in [2.05, 4.69) is 18.7 Å². The van der Waals surface area contributed by atoms with Gasteiger partial charge < -0.3 is 19.4 Å². The first-order valence-corrected chi connectivity index (χ1v) is 16.3. The number of benzene rings is 1. The van der Waals surface area contributed by atoms with Gasteiger partial charge in [0.2, 0.25) is 11.8 Å². The minimum atomic E-state index is -0.622. The number of piperidine rings is 1. The van der Waals surface area contributed by atoms with E-state index in [4.69, 9.17) is 9.72 Å². The van der Waals surface area contributed by atoms with Crippen molar-refractivity contribution in [2.24, 2.45) is 5.92 Å². The number of piperazine rings is 1. The molecule has 1 unspecified atom stereocenters. The predicted molar refractivity (Wildman–Crippen MR) is 169 cm³/mol. The molecule has 242 valence electrons. The zero-order chi connectivity index (χ0) is 32.3. The van der Waals surface area contributed by atoms with Crippen molar-refractivity contribution in [3.8, 4) is 0 Å². The van der Waals surface area contributed by atoms with Crippen LogP contribution in [0.25, 0.3) is 0 Å². The van der Waals surface area contributed by atoms with Crippen LogP contribution in [0.1, 0.15) is 77.6 Å². The summed E-state index contributed by atoms with van der Waals surface area (Å²) in [4.78, 5) is 53.1. The molecule has 45 heavy (non-hydrogen) atoms. The second kappa shape index (κ2) is 11.7. The van der Waals surface area contributed by atoms with Crippen molar-refractivity contribution in [1.29, 1.82) is 0 Å². The van der Waals surface area contributed by atoms with Gasteiger partial charge in [0.15, 0.2) is 0 Å². The third kappa shape index (κ3) is 6.44. The molecule has 1 saturated carbocycles. The first-order valence-electron chi connectivity index (χ1n) is 16.3. The molecule has 2 aromatic rings. The van der Waals surface area contributed by atoms with Gasteiger partial charge in [-0.05, 0) is 82.7 Å². The summed E-state index contributed by atoms with van der Waals surface area (Å²) in [6.45, 7) is 13.8. The molecule has 3 fully saturated rings. The summed E-state index contributed by atoms with van der Waals surface area (Å²) >= 11 is 0. The number of fused-ring (bicyclic) bond motifs is 3. The Balaban J connectivity index is 1.23. The van der Waals surface area contributed by atoms with Gasteiger partial charge in [0.1, 0.15) is 11.4 Å². The summed E-state index contributed by atoms with van der Waals surface area (Å²) in [5, 5.41) is 0. The number of carbonyl (C=O) groups is 3. The molecule has 4 heterocycles. The highest BCUT2D eigenvalue weighted by molar-refractivity contribution is 5.97. The van der Waals surface area contributed by atoms with Crippen molar-refractivity contribution >= 4 is 23.6 Å². The number of nitrogens with zero attached hydrogens (tertiary/aromatic N) is 5. The third-order valence-corrected chi connectivity index (χ3v) is 9.84. The largest absolute Gasteiger partial charge is 0.444 e. The first kappa shape index (κ1) is 31.5.